The first-order valence-electron chi connectivity index (χ1n) is 8.44. The van der Waals surface area contributed by atoms with Crippen LogP contribution in [0.15, 0.2) is 48.5 Å². The van der Waals surface area contributed by atoms with Crippen LogP contribution in [-0.4, -0.2) is 32.8 Å². The van der Waals surface area contributed by atoms with Crippen LogP contribution in [0.4, 0.5) is 0 Å². The van der Waals surface area contributed by atoms with Crippen LogP contribution >= 0.6 is 12.4 Å². The lowest BCUT2D eigenvalue weighted by Crippen LogP contribution is -2.44. The second-order valence-electron chi connectivity index (χ2n) is 5.98. The first-order chi connectivity index (χ1) is 12.5. The van der Waals surface area contributed by atoms with Gasteiger partial charge in [-0.05, 0) is 30.2 Å². The fourth-order valence-corrected chi connectivity index (χ4v) is 2.47. The van der Waals surface area contributed by atoms with Gasteiger partial charge in [0.2, 0.25) is 5.91 Å². The van der Waals surface area contributed by atoms with Gasteiger partial charge in [0.05, 0.1) is 19.8 Å². The number of rotatable bonds is 9. The molecule has 1 amide bonds. The lowest BCUT2D eigenvalue weighted by Gasteiger charge is -2.19. The lowest BCUT2D eigenvalue weighted by molar-refractivity contribution is -0.124. The molecule has 2 aromatic rings. The molecule has 3 N–H and O–H groups in total. The van der Waals surface area contributed by atoms with Crippen molar-refractivity contribution >= 4 is 18.3 Å². The van der Waals surface area contributed by atoms with E-state index in [9.17, 15) is 4.79 Å². The van der Waals surface area contributed by atoms with E-state index in [4.69, 9.17) is 19.9 Å². The molecule has 2 atom stereocenters. The van der Waals surface area contributed by atoms with Crippen LogP contribution in [0, 0.1) is 0 Å². The van der Waals surface area contributed by atoms with Gasteiger partial charge < -0.3 is 25.3 Å². The summed E-state index contributed by atoms with van der Waals surface area (Å²) in [5.41, 5.74) is 7.72. The number of methoxy groups -OCH3 is 2. The normalized spacial score (nSPS) is 12.4. The molecule has 2 rings (SSSR count). The van der Waals surface area contributed by atoms with Crippen molar-refractivity contribution in [1.82, 2.24) is 5.32 Å². The molecule has 2 unspecified atom stereocenters. The van der Waals surface area contributed by atoms with E-state index in [-0.39, 0.29) is 31.0 Å². The minimum absolute atomic E-state index is 0. The first-order valence-corrected chi connectivity index (χ1v) is 8.44. The number of ether oxygens (including phenoxy) is 3. The van der Waals surface area contributed by atoms with Gasteiger partial charge in [0, 0.05) is 7.11 Å². The van der Waals surface area contributed by atoms with E-state index in [0.717, 1.165) is 11.1 Å². The highest BCUT2D eigenvalue weighted by Gasteiger charge is 2.17. The summed E-state index contributed by atoms with van der Waals surface area (Å²) in [5.74, 6) is 0.998. The average molecular weight is 395 g/mol. The maximum atomic E-state index is 12.0. The molecule has 0 aliphatic carbocycles. The Morgan fingerprint density at radius 2 is 1.81 bits per heavy atom. The molecule has 0 saturated heterocycles. The second kappa shape index (κ2) is 11.4. The van der Waals surface area contributed by atoms with Gasteiger partial charge >= 0.3 is 0 Å². The zero-order valence-corrected chi connectivity index (χ0v) is 16.6. The Labute approximate surface area is 166 Å². The number of nitrogens with two attached hydrogens (primary N) is 1. The molecule has 0 saturated carbocycles. The summed E-state index contributed by atoms with van der Waals surface area (Å²) >= 11 is 0. The van der Waals surface area contributed by atoms with E-state index in [1.807, 2.05) is 55.5 Å². The van der Waals surface area contributed by atoms with Crippen molar-refractivity contribution in [3.8, 4) is 11.5 Å². The molecule has 0 aliphatic heterocycles. The number of benzene rings is 2. The summed E-state index contributed by atoms with van der Waals surface area (Å²) < 4.78 is 16.2. The topological polar surface area (TPSA) is 82.8 Å². The SMILES string of the molecule is COCC(N)C(=O)NC(C)c1ccc(OCc2ccccc2)c(OC)c1.Cl. The van der Waals surface area contributed by atoms with Crippen molar-refractivity contribution in [1.29, 1.82) is 0 Å². The largest absolute Gasteiger partial charge is 0.493 e. The van der Waals surface area contributed by atoms with Gasteiger partial charge in [0.1, 0.15) is 12.6 Å². The van der Waals surface area contributed by atoms with Crippen LogP contribution in [-0.2, 0) is 16.1 Å². The molecule has 7 heteroatoms. The fourth-order valence-electron chi connectivity index (χ4n) is 2.47. The zero-order valence-electron chi connectivity index (χ0n) is 15.8. The van der Waals surface area contributed by atoms with Gasteiger partial charge in [0.15, 0.2) is 11.5 Å². The molecular weight excluding hydrogens is 368 g/mol. The Hall–Kier alpha value is -2.28. The predicted molar refractivity (Wildman–Crippen MR) is 107 cm³/mol. The van der Waals surface area contributed by atoms with Gasteiger partial charge in [-0.3, -0.25) is 4.79 Å². The molecule has 6 nitrogen and oxygen atoms in total. The molecule has 0 bridgehead atoms. The average Bonchev–Trinajstić information content (AvgIpc) is 2.67. The Morgan fingerprint density at radius 3 is 2.44 bits per heavy atom. The highest BCUT2D eigenvalue weighted by molar-refractivity contribution is 5.85. The zero-order chi connectivity index (χ0) is 18.9. The first kappa shape index (κ1) is 22.8. The number of hydrogen-bond donors (Lipinski definition) is 2. The number of carbonyl (C=O) groups excluding carboxylic acids is 1. The molecule has 0 spiro atoms. The third kappa shape index (κ3) is 6.75. The van der Waals surface area contributed by atoms with Crippen molar-refractivity contribution < 1.29 is 19.0 Å². The molecule has 27 heavy (non-hydrogen) atoms. The Morgan fingerprint density at radius 1 is 1.11 bits per heavy atom. The third-order valence-electron chi connectivity index (χ3n) is 3.97. The maximum Gasteiger partial charge on any atom is 0.239 e. The standard InChI is InChI=1S/C20H26N2O4.ClH/c1-14(22-20(23)17(21)13-24-2)16-9-10-18(19(11-16)25-3)26-12-15-7-5-4-6-8-15;/h4-11,14,17H,12-13,21H2,1-3H3,(H,22,23);1H. The van der Waals surface area contributed by atoms with Gasteiger partial charge in [-0.1, -0.05) is 36.4 Å². The third-order valence-corrected chi connectivity index (χ3v) is 3.97. The molecule has 2 aromatic carbocycles. The fraction of sp³-hybridized carbons (Fsp3) is 0.350. The molecular formula is C20H27ClN2O4. The molecule has 0 fully saturated rings. The smallest absolute Gasteiger partial charge is 0.239 e. The summed E-state index contributed by atoms with van der Waals surface area (Å²) in [6.45, 7) is 2.51. The number of carbonyl (C=O) groups is 1. The quantitative estimate of drug-likeness (QED) is 0.683. The van der Waals surface area contributed by atoms with Gasteiger partial charge in [0.25, 0.3) is 0 Å². The van der Waals surface area contributed by atoms with E-state index in [1.54, 1.807) is 7.11 Å². The summed E-state index contributed by atoms with van der Waals surface area (Å²) in [6.07, 6.45) is 0. The van der Waals surface area contributed by atoms with E-state index in [2.05, 4.69) is 5.32 Å². The summed E-state index contributed by atoms with van der Waals surface area (Å²) in [4.78, 5) is 12.0. The van der Waals surface area contributed by atoms with Crippen LogP contribution in [0.2, 0.25) is 0 Å². The number of halogens is 1. The highest BCUT2D eigenvalue weighted by Crippen LogP contribution is 2.31. The summed E-state index contributed by atoms with van der Waals surface area (Å²) in [6, 6.07) is 14.6. The van der Waals surface area contributed by atoms with E-state index < -0.39 is 6.04 Å². The van der Waals surface area contributed by atoms with Crippen LogP contribution < -0.4 is 20.5 Å². The summed E-state index contributed by atoms with van der Waals surface area (Å²) in [7, 11) is 3.10. The predicted octanol–water partition coefficient (Wildman–Crippen LogP) is 2.85. The van der Waals surface area contributed by atoms with Gasteiger partial charge in [-0.25, -0.2) is 0 Å². The molecule has 0 heterocycles. The van der Waals surface area contributed by atoms with Crippen molar-refractivity contribution in [3.05, 3.63) is 59.7 Å². The molecule has 0 aromatic heterocycles. The van der Waals surface area contributed by atoms with Crippen molar-refractivity contribution in [2.45, 2.75) is 25.6 Å². The van der Waals surface area contributed by atoms with E-state index >= 15 is 0 Å². The van der Waals surface area contributed by atoms with Gasteiger partial charge in [-0.15, -0.1) is 12.4 Å². The van der Waals surface area contributed by atoms with Gasteiger partial charge in [-0.2, -0.15) is 0 Å². The molecule has 0 aliphatic rings. The number of amides is 1. The number of hydrogen-bond acceptors (Lipinski definition) is 5. The highest BCUT2D eigenvalue weighted by atomic mass is 35.5. The minimum Gasteiger partial charge on any atom is -0.493 e. The Balaban J connectivity index is 0.00000364. The summed E-state index contributed by atoms with van der Waals surface area (Å²) in [5, 5.41) is 2.87. The van der Waals surface area contributed by atoms with E-state index in [0.29, 0.717) is 18.1 Å². The van der Waals surface area contributed by atoms with Crippen LogP contribution in [0.1, 0.15) is 24.1 Å². The Bertz CT molecular complexity index is 712. The monoisotopic (exact) mass is 394 g/mol. The minimum atomic E-state index is -0.696. The molecule has 148 valence electrons. The lowest BCUT2D eigenvalue weighted by atomic mass is 10.1. The maximum absolute atomic E-state index is 12.0. The second-order valence-corrected chi connectivity index (χ2v) is 5.98. The van der Waals surface area contributed by atoms with Crippen molar-refractivity contribution in [2.75, 3.05) is 20.8 Å². The van der Waals surface area contributed by atoms with Crippen LogP contribution in [0.5, 0.6) is 11.5 Å². The van der Waals surface area contributed by atoms with Crippen LogP contribution in [0.3, 0.4) is 0 Å². The van der Waals surface area contributed by atoms with Crippen LogP contribution in [0.25, 0.3) is 0 Å². The van der Waals surface area contributed by atoms with Crippen molar-refractivity contribution in [2.24, 2.45) is 5.73 Å². The number of nitrogens with one attached hydrogen (secondary N) is 1. The molecule has 0 radical (unpaired) electrons. The van der Waals surface area contributed by atoms with E-state index in [1.165, 1.54) is 7.11 Å². The Kier molecular flexibility index (Phi) is 9.64. The van der Waals surface area contributed by atoms with Crippen molar-refractivity contribution in [3.63, 3.8) is 0 Å².